The van der Waals surface area contributed by atoms with Crippen LogP contribution in [-0.2, 0) is 23.7 Å². The van der Waals surface area contributed by atoms with Gasteiger partial charge in [0.15, 0.2) is 12.6 Å². The van der Waals surface area contributed by atoms with Gasteiger partial charge in [0.2, 0.25) is 5.91 Å². The highest BCUT2D eigenvalue weighted by molar-refractivity contribution is 5.76. The third kappa shape index (κ3) is 28.6. The fraction of sp³-hybridized carbons (Fsp3) is 0.875. The number of nitrogens with one attached hydrogen (secondary N) is 1. The van der Waals surface area contributed by atoms with Gasteiger partial charge in [-0.2, -0.15) is 0 Å². The molecule has 0 aromatic rings. The monoisotopic (exact) mass is 998 g/mol. The maximum absolute atomic E-state index is 13.2. The number of hydrogen-bond acceptors (Lipinski definition) is 13. The maximum Gasteiger partial charge on any atom is 0.220 e. The number of hydrogen-bond donors (Lipinski definition) is 9. The van der Waals surface area contributed by atoms with Gasteiger partial charge in [-0.25, -0.2) is 0 Å². The third-order valence-electron chi connectivity index (χ3n) is 13.8. The van der Waals surface area contributed by atoms with Gasteiger partial charge in [0, 0.05) is 6.42 Å². The number of ether oxygens (including phenoxy) is 4. The fourth-order valence-corrected chi connectivity index (χ4v) is 9.18. The Balaban J connectivity index is 1.72. The minimum Gasteiger partial charge on any atom is -0.394 e. The van der Waals surface area contributed by atoms with Crippen LogP contribution in [0.2, 0.25) is 0 Å². The number of unbranched alkanes of at least 4 members (excludes halogenated alkanes) is 27. The van der Waals surface area contributed by atoms with Gasteiger partial charge >= 0.3 is 0 Å². The molecule has 2 aliphatic heterocycles. The first-order valence-corrected chi connectivity index (χ1v) is 28.2. The van der Waals surface area contributed by atoms with E-state index >= 15 is 0 Å². The zero-order chi connectivity index (χ0) is 51.0. The molecule has 0 radical (unpaired) electrons. The molecule has 12 atom stereocenters. The summed E-state index contributed by atoms with van der Waals surface area (Å²) in [6.45, 7) is 2.75. The predicted molar refractivity (Wildman–Crippen MR) is 277 cm³/mol. The summed E-state index contributed by atoms with van der Waals surface area (Å²) in [7, 11) is 0. The Morgan fingerprint density at radius 3 is 1.40 bits per heavy atom. The Morgan fingerprint density at radius 1 is 0.500 bits per heavy atom. The van der Waals surface area contributed by atoms with Crippen molar-refractivity contribution in [1.82, 2.24) is 5.32 Å². The molecule has 0 aromatic heterocycles. The van der Waals surface area contributed by atoms with Crippen molar-refractivity contribution in [1.29, 1.82) is 0 Å². The highest BCUT2D eigenvalue weighted by atomic mass is 16.7. The van der Waals surface area contributed by atoms with E-state index in [9.17, 15) is 45.6 Å². The van der Waals surface area contributed by atoms with Crippen LogP contribution in [0.25, 0.3) is 0 Å². The summed E-state index contributed by atoms with van der Waals surface area (Å²) >= 11 is 0. The molecule has 2 heterocycles. The molecule has 70 heavy (non-hydrogen) atoms. The van der Waals surface area contributed by atoms with E-state index in [-0.39, 0.29) is 18.9 Å². The number of amides is 1. The van der Waals surface area contributed by atoms with Crippen molar-refractivity contribution in [2.45, 2.75) is 293 Å². The molecule has 0 bridgehead atoms. The quantitative estimate of drug-likeness (QED) is 0.0206. The van der Waals surface area contributed by atoms with Crippen molar-refractivity contribution >= 4 is 5.91 Å². The first kappa shape index (κ1) is 64.3. The van der Waals surface area contributed by atoms with Crippen molar-refractivity contribution in [2.75, 3.05) is 19.8 Å². The first-order chi connectivity index (χ1) is 34.1. The summed E-state index contributed by atoms with van der Waals surface area (Å²) in [5, 5.41) is 86.8. The Hall–Kier alpha value is -1.79. The van der Waals surface area contributed by atoms with Gasteiger partial charge in [-0.05, 0) is 57.8 Å². The summed E-state index contributed by atoms with van der Waals surface area (Å²) in [5.41, 5.74) is 0. The smallest absolute Gasteiger partial charge is 0.220 e. The molecule has 0 aliphatic carbocycles. The topological polar surface area (TPSA) is 228 Å². The SMILES string of the molecule is CCCCCCC/C=C/CC/C=C/C(O)C(COC1OC(CO)C(OC2OC(CO)C(O)C(O)C2O)C(O)C1O)NC(=O)CCCCCCCCCCCCCCC/C=C\CCCCCCCCCC. The molecule has 2 rings (SSSR count). The Morgan fingerprint density at radius 2 is 0.914 bits per heavy atom. The van der Waals surface area contributed by atoms with Crippen molar-refractivity contribution in [2.24, 2.45) is 0 Å². The highest BCUT2D eigenvalue weighted by Gasteiger charge is 2.51. The molecule has 14 heteroatoms. The zero-order valence-corrected chi connectivity index (χ0v) is 43.8. The van der Waals surface area contributed by atoms with E-state index < -0.39 is 86.8 Å². The molecule has 2 saturated heterocycles. The molecular weight excluding hydrogens is 895 g/mol. The van der Waals surface area contributed by atoms with Crippen LogP contribution >= 0.6 is 0 Å². The van der Waals surface area contributed by atoms with Crippen molar-refractivity contribution in [3.8, 4) is 0 Å². The number of carbonyl (C=O) groups is 1. The minimum absolute atomic E-state index is 0.250. The summed E-state index contributed by atoms with van der Waals surface area (Å²) in [5.74, 6) is -0.250. The largest absolute Gasteiger partial charge is 0.394 e. The number of rotatable bonds is 44. The summed E-state index contributed by atoms with van der Waals surface area (Å²) in [6.07, 6.45) is 33.5. The average Bonchev–Trinajstić information content (AvgIpc) is 3.36. The number of carbonyl (C=O) groups excluding carboxylic acids is 1. The van der Waals surface area contributed by atoms with E-state index in [4.69, 9.17) is 18.9 Å². The standard InChI is InChI=1S/C56H103NO13/c1-3-5-7-9-11-13-15-16-17-18-19-20-21-22-23-24-25-26-27-28-30-32-34-36-38-40-48(61)57-44(45(60)39-37-35-33-31-29-14-12-10-8-6-4-2)43-67-55-53(66)51(64)54(47(42-59)69-55)70-56-52(65)50(63)49(62)46(41-58)68-56/h18-19,29,31,37,39,44-47,49-56,58-60,62-66H,3-17,20-28,30,32-36,38,40-43H2,1-2H3,(H,57,61)/b19-18-,31-29+,39-37+. The molecule has 14 nitrogen and oxygen atoms in total. The first-order valence-electron chi connectivity index (χ1n) is 28.2. The van der Waals surface area contributed by atoms with Crippen molar-refractivity contribution < 1.29 is 64.6 Å². The Kier molecular flexibility index (Phi) is 39.1. The number of allylic oxidation sites excluding steroid dienone is 5. The van der Waals surface area contributed by atoms with Gasteiger partial charge in [0.1, 0.15) is 48.8 Å². The zero-order valence-electron chi connectivity index (χ0n) is 43.8. The lowest BCUT2D eigenvalue weighted by Crippen LogP contribution is -2.65. The molecule has 2 aliphatic rings. The van der Waals surface area contributed by atoms with Gasteiger partial charge in [-0.3, -0.25) is 4.79 Å². The van der Waals surface area contributed by atoms with Crippen molar-refractivity contribution in [3.05, 3.63) is 36.5 Å². The van der Waals surface area contributed by atoms with Gasteiger partial charge in [-0.15, -0.1) is 0 Å². The third-order valence-corrected chi connectivity index (χ3v) is 13.8. The molecule has 9 N–H and O–H groups in total. The maximum atomic E-state index is 13.2. The van der Waals surface area contributed by atoms with E-state index in [1.54, 1.807) is 6.08 Å². The van der Waals surface area contributed by atoms with Crippen molar-refractivity contribution in [3.63, 3.8) is 0 Å². The van der Waals surface area contributed by atoms with E-state index in [1.165, 1.54) is 154 Å². The fourth-order valence-electron chi connectivity index (χ4n) is 9.18. The lowest BCUT2D eigenvalue weighted by Gasteiger charge is -2.46. The van der Waals surface area contributed by atoms with Crippen LogP contribution in [0.1, 0.15) is 219 Å². The average molecular weight is 998 g/mol. The van der Waals surface area contributed by atoms with E-state index in [2.05, 4.69) is 43.5 Å². The van der Waals surface area contributed by atoms with Crippen LogP contribution in [0.15, 0.2) is 36.5 Å². The second-order valence-electron chi connectivity index (χ2n) is 20.1. The second-order valence-corrected chi connectivity index (χ2v) is 20.1. The van der Waals surface area contributed by atoms with Crippen LogP contribution in [0.5, 0.6) is 0 Å². The van der Waals surface area contributed by atoms with E-state index in [1.807, 2.05) is 6.08 Å². The van der Waals surface area contributed by atoms with Gasteiger partial charge in [-0.1, -0.05) is 192 Å². The Bertz CT molecular complexity index is 1320. The molecule has 0 aromatic carbocycles. The number of aliphatic hydroxyl groups is 8. The predicted octanol–water partition coefficient (Wildman–Crippen LogP) is 8.66. The molecule has 410 valence electrons. The van der Waals surface area contributed by atoms with E-state index in [0.717, 1.165) is 32.1 Å². The van der Waals surface area contributed by atoms with Gasteiger partial charge in [0.05, 0.1) is 32.0 Å². The molecule has 12 unspecified atom stereocenters. The van der Waals surface area contributed by atoms with Gasteiger partial charge in [0.25, 0.3) is 0 Å². The summed E-state index contributed by atoms with van der Waals surface area (Å²) in [4.78, 5) is 13.2. The van der Waals surface area contributed by atoms with Crippen LogP contribution in [0, 0.1) is 0 Å². The normalized spacial score (nSPS) is 26.2. The summed E-state index contributed by atoms with van der Waals surface area (Å²) < 4.78 is 22.7. The number of aliphatic hydroxyl groups excluding tert-OH is 8. The minimum atomic E-state index is -1.79. The molecule has 1 amide bonds. The molecule has 0 saturated carbocycles. The molecule has 0 spiro atoms. The molecule has 2 fully saturated rings. The van der Waals surface area contributed by atoms with Gasteiger partial charge < -0.3 is 65.1 Å². The van der Waals surface area contributed by atoms with E-state index in [0.29, 0.717) is 12.8 Å². The highest BCUT2D eigenvalue weighted by Crippen LogP contribution is 2.30. The van der Waals surface area contributed by atoms with Crippen LogP contribution in [0.3, 0.4) is 0 Å². The van der Waals surface area contributed by atoms with Crippen LogP contribution in [0.4, 0.5) is 0 Å². The lowest BCUT2D eigenvalue weighted by molar-refractivity contribution is -0.359. The van der Waals surface area contributed by atoms with Crippen LogP contribution < -0.4 is 5.32 Å². The second kappa shape index (κ2) is 42.6. The molecular formula is C56H103NO13. The Labute approximate surface area is 423 Å². The lowest BCUT2D eigenvalue weighted by atomic mass is 9.97. The summed E-state index contributed by atoms with van der Waals surface area (Å²) in [6, 6.07) is -0.928. The van der Waals surface area contributed by atoms with Crippen LogP contribution in [-0.4, -0.2) is 140 Å².